The Balaban J connectivity index is 3.88. The summed E-state index contributed by atoms with van der Waals surface area (Å²) in [7, 11) is 0. The Morgan fingerprint density at radius 1 is 1.46 bits per heavy atom. The van der Waals surface area contributed by atoms with Crippen LogP contribution < -0.4 is 0 Å². The first-order chi connectivity index (χ1) is 5.74. The summed E-state index contributed by atoms with van der Waals surface area (Å²) >= 11 is 0. The van der Waals surface area contributed by atoms with Gasteiger partial charge in [0.25, 0.3) is 0 Å². The van der Waals surface area contributed by atoms with Crippen molar-refractivity contribution in [3.63, 3.8) is 0 Å². The molecule has 0 amide bonds. The Hall–Kier alpha value is -0.580. The molecule has 0 fully saturated rings. The lowest BCUT2D eigenvalue weighted by atomic mass is 9.97. The minimum atomic E-state index is -4.27. The third-order valence-electron chi connectivity index (χ3n) is 1.94. The number of aliphatic hydroxyl groups is 1. The minimum Gasteiger partial charge on any atom is -0.392 e. The number of halogens is 3. The minimum absolute atomic E-state index is 0.297. The molecule has 0 radical (unpaired) electrons. The predicted molar refractivity (Wildman–Crippen MR) is 41.1 cm³/mol. The number of rotatable bonds is 4. The highest BCUT2D eigenvalue weighted by Crippen LogP contribution is 2.24. The monoisotopic (exact) mass is 198 g/mol. The highest BCUT2D eigenvalue weighted by molar-refractivity contribution is 5.78. The summed E-state index contributed by atoms with van der Waals surface area (Å²) in [6, 6.07) is 0. The smallest absolute Gasteiger partial charge is 0.389 e. The molecule has 2 atom stereocenters. The Kier molecular flexibility index (Phi) is 4.39. The van der Waals surface area contributed by atoms with E-state index in [9.17, 15) is 18.0 Å². The van der Waals surface area contributed by atoms with E-state index in [1.807, 2.05) is 0 Å². The second kappa shape index (κ2) is 4.60. The summed E-state index contributed by atoms with van der Waals surface area (Å²) in [4.78, 5) is 10.7. The third kappa shape index (κ3) is 5.63. The van der Waals surface area contributed by atoms with Gasteiger partial charge in [0.05, 0.1) is 6.10 Å². The molecule has 5 heteroatoms. The van der Waals surface area contributed by atoms with Gasteiger partial charge in [-0.15, -0.1) is 0 Å². The van der Waals surface area contributed by atoms with E-state index in [0.29, 0.717) is 0 Å². The maximum absolute atomic E-state index is 11.7. The van der Waals surface area contributed by atoms with Crippen molar-refractivity contribution in [3.8, 4) is 0 Å². The van der Waals surface area contributed by atoms with Gasteiger partial charge in [-0.3, -0.25) is 4.79 Å². The van der Waals surface area contributed by atoms with Crippen LogP contribution in [-0.4, -0.2) is 23.2 Å². The number of carbonyl (C=O) groups is 1. The average molecular weight is 198 g/mol. The fraction of sp³-hybridized carbons (Fsp3) is 0.875. The van der Waals surface area contributed by atoms with Crippen molar-refractivity contribution in [2.24, 2.45) is 5.92 Å². The standard InChI is InChI=1S/C8H13F3O2/c1-5(6(2)12)7(13)3-4-8(9,10)11/h5,7,13H,3-4H2,1-2H3. The molecule has 0 saturated carbocycles. The van der Waals surface area contributed by atoms with Crippen LogP contribution in [0.4, 0.5) is 13.2 Å². The molecule has 0 saturated heterocycles. The zero-order valence-corrected chi connectivity index (χ0v) is 7.56. The lowest BCUT2D eigenvalue weighted by Gasteiger charge is -2.16. The van der Waals surface area contributed by atoms with Gasteiger partial charge in [-0.1, -0.05) is 6.92 Å². The molecule has 1 N–H and O–H groups in total. The van der Waals surface area contributed by atoms with E-state index in [-0.39, 0.29) is 5.78 Å². The van der Waals surface area contributed by atoms with Gasteiger partial charge in [0.1, 0.15) is 5.78 Å². The van der Waals surface area contributed by atoms with Crippen molar-refractivity contribution in [2.45, 2.75) is 39.0 Å². The summed E-state index contributed by atoms with van der Waals surface area (Å²) in [5, 5.41) is 9.13. The third-order valence-corrected chi connectivity index (χ3v) is 1.94. The molecule has 78 valence electrons. The molecular formula is C8H13F3O2. The molecule has 0 bridgehead atoms. The van der Waals surface area contributed by atoms with Crippen LogP contribution in [0.25, 0.3) is 0 Å². The molecule has 0 rings (SSSR count). The molecule has 0 aromatic carbocycles. The molecule has 0 aliphatic heterocycles. The van der Waals surface area contributed by atoms with Gasteiger partial charge >= 0.3 is 6.18 Å². The van der Waals surface area contributed by atoms with Gasteiger partial charge < -0.3 is 5.11 Å². The van der Waals surface area contributed by atoms with Crippen molar-refractivity contribution in [2.75, 3.05) is 0 Å². The number of carbonyl (C=O) groups excluding carboxylic acids is 1. The first-order valence-electron chi connectivity index (χ1n) is 3.99. The average Bonchev–Trinajstić information content (AvgIpc) is 1.97. The van der Waals surface area contributed by atoms with E-state index < -0.39 is 31.0 Å². The lowest BCUT2D eigenvalue weighted by molar-refractivity contribution is -0.143. The summed E-state index contributed by atoms with van der Waals surface area (Å²) < 4.78 is 35.1. The molecule has 0 aromatic heterocycles. The van der Waals surface area contributed by atoms with E-state index in [4.69, 9.17) is 5.11 Å². The van der Waals surface area contributed by atoms with Crippen molar-refractivity contribution >= 4 is 5.78 Å². The van der Waals surface area contributed by atoms with Crippen molar-refractivity contribution in [3.05, 3.63) is 0 Å². The van der Waals surface area contributed by atoms with E-state index >= 15 is 0 Å². The SMILES string of the molecule is CC(=O)C(C)C(O)CCC(F)(F)F. The summed E-state index contributed by atoms with van der Waals surface area (Å²) in [6.45, 7) is 2.67. The highest BCUT2D eigenvalue weighted by Gasteiger charge is 2.29. The van der Waals surface area contributed by atoms with Gasteiger partial charge in [0.15, 0.2) is 0 Å². The zero-order valence-electron chi connectivity index (χ0n) is 7.56. The molecule has 2 unspecified atom stereocenters. The lowest BCUT2D eigenvalue weighted by Crippen LogP contribution is -2.25. The quantitative estimate of drug-likeness (QED) is 0.749. The van der Waals surface area contributed by atoms with Crippen LogP contribution in [0.15, 0.2) is 0 Å². The molecule has 0 aromatic rings. The zero-order chi connectivity index (χ0) is 10.6. The van der Waals surface area contributed by atoms with Gasteiger partial charge in [-0.25, -0.2) is 0 Å². The van der Waals surface area contributed by atoms with Crippen molar-refractivity contribution in [1.29, 1.82) is 0 Å². The van der Waals surface area contributed by atoms with Gasteiger partial charge in [0, 0.05) is 12.3 Å². The fourth-order valence-electron chi connectivity index (χ4n) is 0.832. The normalized spacial score (nSPS) is 16.8. The molecule has 0 aliphatic rings. The molecule has 0 aliphatic carbocycles. The van der Waals surface area contributed by atoms with Crippen LogP contribution in [0.1, 0.15) is 26.7 Å². The van der Waals surface area contributed by atoms with Crippen LogP contribution in [0.2, 0.25) is 0 Å². The first kappa shape index (κ1) is 12.4. The van der Waals surface area contributed by atoms with Crippen LogP contribution in [0.5, 0.6) is 0 Å². The number of hydrogen-bond acceptors (Lipinski definition) is 2. The predicted octanol–water partition coefficient (Wildman–Crippen LogP) is 1.91. The van der Waals surface area contributed by atoms with Gasteiger partial charge in [-0.2, -0.15) is 13.2 Å². The molecule has 13 heavy (non-hydrogen) atoms. The van der Waals surface area contributed by atoms with Crippen molar-refractivity contribution < 1.29 is 23.1 Å². The van der Waals surface area contributed by atoms with Crippen LogP contribution in [0, 0.1) is 5.92 Å². The largest absolute Gasteiger partial charge is 0.392 e. The first-order valence-corrected chi connectivity index (χ1v) is 3.99. The van der Waals surface area contributed by atoms with E-state index in [0.717, 1.165) is 0 Å². The Bertz CT molecular complexity index is 177. The number of alkyl halides is 3. The maximum Gasteiger partial charge on any atom is 0.389 e. The number of ketones is 1. The van der Waals surface area contributed by atoms with E-state index in [1.54, 1.807) is 0 Å². The van der Waals surface area contributed by atoms with E-state index in [1.165, 1.54) is 13.8 Å². The summed E-state index contributed by atoms with van der Waals surface area (Å²) in [5.74, 6) is -1.02. The second-order valence-electron chi connectivity index (χ2n) is 3.12. The van der Waals surface area contributed by atoms with Gasteiger partial charge in [-0.05, 0) is 13.3 Å². The fourth-order valence-corrected chi connectivity index (χ4v) is 0.832. The number of hydrogen-bond donors (Lipinski definition) is 1. The summed E-state index contributed by atoms with van der Waals surface area (Å²) in [5.41, 5.74) is 0. The topological polar surface area (TPSA) is 37.3 Å². The highest BCUT2D eigenvalue weighted by atomic mass is 19.4. The Labute approximate surface area is 74.7 Å². The van der Waals surface area contributed by atoms with Crippen LogP contribution in [-0.2, 0) is 4.79 Å². The van der Waals surface area contributed by atoms with Crippen LogP contribution >= 0.6 is 0 Å². The summed E-state index contributed by atoms with van der Waals surface area (Å²) in [6.07, 6.45) is -6.92. The Morgan fingerprint density at radius 2 is 1.92 bits per heavy atom. The van der Waals surface area contributed by atoms with E-state index in [2.05, 4.69) is 0 Å². The second-order valence-corrected chi connectivity index (χ2v) is 3.12. The maximum atomic E-state index is 11.7. The molecule has 0 spiro atoms. The van der Waals surface area contributed by atoms with Crippen LogP contribution in [0.3, 0.4) is 0 Å². The Morgan fingerprint density at radius 3 is 2.23 bits per heavy atom. The van der Waals surface area contributed by atoms with Crippen molar-refractivity contribution in [1.82, 2.24) is 0 Å². The number of aliphatic hydroxyl groups excluding tert-OH is 1. The molecule has 0 heterocycles. The number of Topliss-reactive ketones (excluding diaryl/α,β-unsaturated/α-hetero) is 1. The molecule has 2 nitrogen and oxygen atoms in total. The molecular weight excluding hydrogens is 185 g/mol. The van der Waals surface area contributed by atoms with Gasteiger partial charge in [0.2, 0.25) is 0 Å².